The van der Waals surface area contributed by atoms with E-state index in [9.17, 15) is 9.59 Å². The Kier molecular flexibility index (Phi) is 8.26. The van der Waals surface area contributed by atoms with Gasteiger partial charge in [0.1, 0.15) is 0 Å². The van der Waals surface area contributed by atoms with Gasteiger partial charge in [0.2, 0.25) is 0 Å². The summed E-state index contributed by atoms with van der Waals surface area (Å²) in [5.74, 6) is -0.911. The van der Waals surface area contributed by atoms with Gasteiger partial charge in [0.05, 0.1) is 17.7 Å². The first-order chi connectivity index (χ1) is 10.5. The first-order valence-corrected chi connectivity index (χ1v) is 8.01. The van der Waals surface area contributed by atoms with Gasteiger partial charge in [0.25, 0.3) is 0 Å². The zero-order valence-corrected chi connectivity index (χ0v) is 13.5. The van der Waals surface area contributed by atoms with Gasteiger partial charge >= 0.3 is 11.9 Å². The fraction of sp³-hybridized carbons (Fsp3) is 0.556. The Bertz CT molecular complexity index is 480. The van der Waals surface area contributed by atoms with E-state index >= 15 is 0 Å². The summed E-state index contributed by atoms with van der Waals surface area (Å²) in [6.45, 7) is 4.81. The van der Waals surface area contributed by atoms with E-state index in [-0.39, 0.29) is 11.1 Å². The Balaban J connectivity index is 2.23. The maximum absolute atomic E-state index is 11.9. The van der Waals surface area contributed by atoms with Crippen LogP contribution >= 0.6 is 0 Å². The number of carbonyl (C=O) groups is 2. The van der Waals surface area contributed by atoms with Crippen molar-refractivity contribution in [1.82, 2.24) is 0 Å². The molecule has 0 aliphatic rings. The number of hydrogen-bond acceptors (Lipinski definition) is 3. The van der Waals surface area contributed by atoms with Gasteiger partial charge in [-0.3, -0.25) is 0 Å². The lowest BCUT2D eigenvalue weighted by Crippen LogP contribution is -2.12. The molecule has 0 bridgehead atoms. The second kappa shape index (κ2) is 9.98. The number of aromatic carboxylic acids is 1. The quantitative estimate of drug-likeness (QED) is 0.509. The van der Waals surface area contributed by atoms with Crippen molar-refractivity contribution in [2.75, 3.05) is 6.61 Å². The van der Waals surface area contributed by atoms with Crippen molar-refractivity contribution in [3.63, 3.8) is 0 Å². The van der Waals surface area contributed by atoms with Crippen molar-refractivity contribution in [3.8, 4) is 0 Å². The molecule has 22 heavy (non-hydrogen) atoms. The van der Waals surface area contributed by atoms with Crippen LogP contribution in [0.15, 0.2) is 24.3 Å². The monoisotopic (exact) mass is 306 g/mol. The first-order valence-electron chi connectivity index (χ1n) is 8.01. The minimum absolute atomic E-state index is 0.0128. The zero-order valence-electron chi connectivity index (χ0n) is 13.5. The van der Waals surface area contributed by atoms with Gasteiger partial charge in [-0.1, -0.05) is 58.1 Å². The fourth-order valence-electron chi connectivity index (χ4n) is 2.28. The van der Waals surface area contributed by atoms with Crippen LogP contribution < -0.4 is 0 Å². The Morgan fingerprint density at radius 3 is 2.23 bits per heavy atom. The van der Waals surface area contributed by atoms with E-state index in [1.165, 1.54) is 31.4 Å². The molecule has 122 valence electrons. The summed E-state index contributed by atoms with van der Waals surface area (Å²) in [6, 6.07) is 6.13. The second-order valence-corrected chi connectivity index (χ2v) is 5.94. The molecular weight excluding hydrogens is 280 g/mol. The SMILES string of the molecule is CC(C)CCCCCCCOC(=O)c1ccccc1C(=O)O. The molecule has 0 aliphatic carbocycles. The summed E-state index contributed by atoms with van der Waals surface area (Å²) in [7, 11) is 0. The van der Waals surface area contributed by atoms with Crippen LogP contribution in [0.25, 0.3) is 0 Å². The van der Waals surface area contributed by atoms with Crippen LogP contribution in [0.2, 0.25) is 0 Å². The van der Waals surface area contributed by atoms with E-state index in [1.807, 2.05) is 0 Å². The molecule has 1 rings (SSSR count). The molecule has 0 amide bonds. The summed E-state index contributed by atoms with van der Waals surface area (Å²) in [6.07, 6.45) is 6.74. The van der Waals surface area contributed by atoms with E-state index in [1.54, 1.807) is 12.1 Å². The third-order valence-electron chi connectivity index (χ3n) is 3.54. The summed E-state index contributed by atoms with van der Waals surface area (Å²) < 4.78 is 5.16. The summed E-state index contributed by atoms with van der Waals surface area (Å²) in [4.78, 5) is 22.9. The molecule has 0 spiro atoms. The normalized spacial score (nSPS) is 10.7. The standard InChI is InChI=1S/C18H26O4/c1-14(2)10-6-4-3-5-9-13-22-18(21)16-12-8-7-11-15(16)17(19)20/h7-8,11-12,14H,3-6,9-10,13H2,1-2H3,(H,19,20). The van der Waals surface area contributed by atoms with Crippen molar-refractivity contribution in [1.29, 1.82) is 0 Å². The van der Waals surface area contributed by atoms with Crippen molar-refractivity contribution < 1.29 is 19.4 Å². The molecule has 4 nitrogen and oxygen atoms in total. The van der Waals surface area contributed by atoms with Gasteiger partial charge in [-0.15, -0.1) is 0 Å². The number of unbranched alkanes of at least 4 members (excludes halogenated alkanes) is 4. The molecule has 0 radical (unpaired) electrons. The number of benzene rings is 1. The first kappa shape index (κ1) is 18.2. The number of esters is 1. The Morgan fingerprint density at radius 2 is 1.59 bits per heavy atom. The van der Waals surface area contributed by atoms with E-state index in [4.69, 9.17) is 9.84 Å². The fourth-order valence-corrected chi connectivity index (χ4v) is 2.28. The molecule has 4 heteroatoms. The molecule has 1 aromatic rings. The highest BCUT2D eigenvalue weighted by atomic mass is 16.5. The molecule has 0 aliphatic heterocycles. The lowest BCUT2D eigenvalue weighted by molar-refractivity contribution is 0.0487. The second-order valence-electron chi connectivity index (χ2n) is 5.94. The average Bonchev–Trinajstić information content (AvgIpc) is 2.49. The third-order valence-corrected chi connectivity index (χ3v) is 3.54. The molecule has 0 aromatic heterocycles. The van der Waals surface area contributed by atoms with Crippen LogP contribution in [-0.4, -0.2) is 23.7 Å². The molecule has 0 saturated heterocycles. The highest BCUT2D eigenvalue weighted by molar-refractivity contribution is 6.02. The Hall–Kier alpha value is -1.84. The lowest BCUT2D eigenvalue weighted by atomic mass is 10.0. The summed E-state index contributed by atoms with van der Waals surface area (Å²) >= 11 is 0. The van der Waals surface area contributed by atoms with Gasteiger partial charge < -0.3 is 9.84 Å². The molecule has 0 fully saturated rings. The average molecular weight is 306 g/mol. The number of hydrogen-bond donors (Lipinski definition) is 1. The molecule has 0 saturated carbocycles. The smallest absolute Gasteiger partial charge is 0.339 e. The zero-order chi connectivity index (χ0) is 16.4. The number of carbonyl (C=O) groups excluding carboxylic acids is 1. The van der Waals surface area contributed by atoms with Crippen LogP contribution in [-0.2, 0) is 4.74 Å². The molecule has 0 heterocycles. The lowest BCUT2D eigenvalue weighted by Gasteiger charge is -2.07. The van der Waals surface area contributed by atoms with Crippen LogP contribution in [0.5, 0.6) is 0 Å². The van der Waals surface area contributed by atoms with Gasteiger partial charge in [0.15, 0.2) is 0 Å². The van der Waals surface area contributed by atoms with Gasteiger partial charge in [0, 0.05) is 0 Å². The number of carboxylic acids is 1. The van der Waals surface area contributed by atoms with Crippen molar-refractivity contribution in [2.24, 2.45) is 5.92 Å². The van der Waals surface area contributed by atoms with E-state index in [2.05, 4.69) is 13.8 Å². The van der Waals surface area contributed by atoms with Gasteiger partial charge in [-0.25, -0.2) is 9.59 Å². The van der Waals surface area contributed by atoms with Crippen LogP contribution in [0.4, 0.5) is 0 Å². The molecule has 1 aromatic carbocycles. The topological polar surface area (TPSA) is 63.6 Å². The van der Waals surface area contributed by atoms with E-state index in [0.717, 1.165) is 25.2 Å². The molecule has 0 unspecified atom stereocenters. The maximum Gasteiger partial charge on any atom is 0.339 e. The highest BCUT2D eigenvalue weighted by Crippen LogP contribution is 2.12. The molecular formula is C18H26O4. The van der Waals surface area contributed by atoms with Crippen LogP contribution in [0.3, 0.4) is 0 Å². The van der Waals surface area contributed by atoms with Crippen molar-refractivity contribution in [3.05, 3.63) is 35.4 Å². The van der Waals surface area contributed by atoms with Gasteiger partial charge in [-0.2, -0.15) is 0 Å². The number of rotatable bonds is 10. The van der Waals surface area contributed by atoms with Crippen LogP contribution in [0.1, 0.15) is 73.1 Å². The number of ether oxygens (including phenoxy) is 1. The van der Waals surface area contributed by atoms with Gasteiger partial charge in [-0.05, 0) is 24.5 Å². The maximum atomic E-state index is 11.9. The van der Waals surface area contributed by atoms with E-state index in [0.29, 0.717) is 6.61 Å². The van der Waals surface area contributed by atoms with Crippen LogP contribution in [0, 0.1) is 5.92 Å². The Labute approximate surface area is 132 Å². The minimum Gasteiger partial charge on any atom is -0.478 e. The predicted octanol–water partition coefficient (Wildman–Crippen LogP) is 4.54. The van der Waals surface area contributed by atoms with Crippen molar-refractivity contribution in [2.45, 2.75) is 52.4 Å². The highest BCUT2D eigenvalue weighted by Gasteiger charge is 2.16. The molecule has 1 N–H and O–H groups in total. The minimum atomic E-state index is -1.11. The van der Waals surface area contributed by atoms with Crippen molar-refractivity contribution >= 4 is 11.9 Å². The largest absolute Gasteiger partial charge is 0.478 e. The van der Waals surface area contributed by atoms with E-state index < -0.39 is 11.9 Å². The Morgan fingerprint density at radius 1 is 1.00 bits per heavy atom. The summed E-state index contributed by atoms with van der Waals surface area (Å²) in [5, 5.41) is 9.04. The molecule has 0 atom stereocenters. The third kappa shape index (κ3) is 6.74. The summed E-state index contributed by atoms with van der Waals surface area (Å²) in [5.41, 5.74) is 0.105. The predicted molar refractivity (Wildman–Crippen MR) is 86.2 cm³/mol. The number of carboxylic acid groups (broad SMARTS) is 1.